The van der Waals surface area contributed by atoms with Crippen molar-refractivity contribution in [1.29, 1.82) is 0 Å². The number of rotatable bonds is 5. The number of hydrogen-bond donors (Lipinski definition) is 1. The lowest BCUT2D eigenvalue weighted by Gasteiger charge is -2.42. The lowest BCUT2D eigenvalue weighted by atomic mass is 9.77. The predicted molar refractivity (Wildman–Crippen MR) is 119 cm³/mol. The van der Waals surface area contributed by atoms with E-state index < -0.39 is 5.54 Å². The number of carbonyl (C=O) groups is 2. The number of anilines is 1. The van der Waals surface area contributed by atoms with Crippen molar-refractivity contribution in [3.8, 4) is 0 Å². The Morgan fingerprint density at radius 1 is 0.900 bits per heavy atom. The summed E-state index contributed by atoms with van der Waals surface area (Å²) in [6.45, 7) is 1.81. The van der Waals surface area contributed by atoms with Crippen LogP contribution in [-0.2, 0) is 16.0 Å². The van der Waals surface area contributed by atoms with Gasteiger partial charge in [-0.2, -0.15) is 0 Å². The molecule has 3 aromatic carbocycles. The van der Waals surface area contributed by atoms with Crippen LogP contribution in [0.3, 0.4) is 0 Å². The Hall–Kier alpha value is -3.66. The van der Waals surface area contributed by atoms with Crippen molar-refractivity contribution >= 4 is 17.5 Å². The van der Waals surface area contributed by atoms with Gasteiger partial charge in [-0.25, -0.2) is 0 Å². The fourth-order valence-corrected chi connectivity index (χ4v) is 3.96. The maximum absolute atomic E-state index is 13.7. The van der Waals surface area contributed by atoms with Gasteiger partial charge in [-0.05, 0) is 30.2 Å². The first-order chi connectivity index (χ1) is 14.6. The molecule has 4 nitrogen and oxygen atoms in total. The molecule has 0 aromatic heterocycles. The zero-order chi connectivity index (χ0) is 21.0. The molecule has 0 radical (unpaired) electrons. The van der Waals surface area contributed by atoms with Crippen LogP contribution in [0.4, 0.5) is 5.69 Å². The average molecular weight is 396 g/mol. The number of amides is 2. The smallest absolute Gasteiger partial charge is 0.257 e. The van der Waals surface area contributed by atoms with E-state index in [1.54, 1.807) is 11.1 Å². The summed E-state index contributed by atoms with van der Waals surface area (Å²) in [6.07, 6.45) is 4.02. The van der Waals surface area contributed by atoms with Crippen molar-refractivity contribution in [3.05, 3.63) is 114 Å². The highest BCUT2D eigenvalue weighted by Crippen LogP contribution is 2.36. The molecule has 0 bridgehead atoms. The standard InChI is InChI=1S/C26H24N2O2/c1-26(27-24(29)19-20-11-5-2-6-12-20)23(21-13-7-3-8-14-21)17-18-28(25(26)30)22-15-9-4-10-16-22/h2-18,23H,19H2,1H3,(H,27,29). The zero-order valence-electron chi connectivity index (χ0n) is 16.9. The van der Waals surface area contributed by atoms with Crippen LogP contribution in [0.15, 0.2) is 103 Å². The second kappa shape index (κ2) is 8.37. The summed E-state index contributed by atoms with van der Waals surface area (Å²) < 4.78 is 0. The van der Waals surface area contributed by atoms with Crippen molar-refractivity contribution in [2.75, 3.05) is 4.90 Å². The molecule has 4 rings (SSSR count). The van der Waals surface area contributed by atoms with E-state index >= 15 is 0 Å². The molecule has 2 unspecified atom stereocenters. The van der Waals surface area contributed by atoms with Crippen LogP contribution in [-0.4, -0.2) is 17.4 Å². The molecular formula is C26H24N2O2. The predicted octanol–water partition coefficient (Wildman–Crippen LogP) is 4.45. The van der Waals surface area contributed by atoms with Crippen molar-refractivity contribution in [2.24, 2.45) is 0 Å². The highest BCUT2D eigenvalue weighted by Gasteiger charge is 2.47. The lowest BCUT2D eigenvalue weighted by molar-refractivity contribution is -0.131. The van der Waals surface area contributed by atoms with Crippen LogP contribution in [0.25, 0.3) is 0 Å². The number of nitrogens with zero attached hydrogens (tertiary/aromatic N) is 1. The molecule has 0 saturated heterocycles. The molecule has 0 fully saturated rings. The van der Waals surface area contributed by atoms with Gasteiger partial charge in [0.15, 0.2) is 0 Å². The molecule has 0 saturated carbocycles. The van der Waals surface area contributed by atoms with Crippen molar-refractivity contribution in [1.82, 2.24) is 5.32 Å². The molecule has 3 aromatic rings. The maximum atomic E-state index is 13.7. The van der Waals surface area contributed by atoms with E-state index in [-0.39, 0.29) is 24.2 Å². The van der Waals surface area contributed by atoms with E-state index in [4.69, 9.17) is 0 Å². The molecule has 150 valence electrons. The summed E-state index contributed by atoms with van der Waals surface area (Å²) in [4.78, 5) is 28.2. The topological polar surface area (TPSA) is 49.4 Å². The first-order valence-electron chi connectivity index (χ1n) is 10.0. The fourth-order valence-electron chi connectivity index (χ4n) is 3.96. The number of carbonyl (C=O) groups excluding carboxylic acids is 2. The van der Waals surface area contributed by atoms with Gasteiger partial charge in [0.25, 0.3) is 5.91 Å². The van der Waals surface area contributed by atoms with E-state index in [1.165, 1.54) is 0 Å². The van der Waals surface area contributed by atoms with E-state index in [0.717, 1.165) is 16.8 Å². The maximum Gasteiger partial charge on any atom is 0.257 e. The zero-order valence-corrected chi connectivity index (χ0v) is 16.9. The van der Waals surface area contributed by atoms with Crippen molar-refractivity contribution in [2.45, 2.75) is 24.8 Å². The molecule has 2 atom stereocenters. The molecular weight excluding hydrogens is 372 g/mol. The second-order valence-electron chi connectivity index (χ2n) is 7.65. The summed E-state index contributed by atoms with van der Waals surface area (Å²) in [5.41, 5.74) is 1.55. The Kier molecular flexibility index (Phi) is 5.48. The van der Waals surface area contributed by atoms with Gasteiger partial charge in [0.1, 0.15) is 5.54 Å². The van der Waals surface area contributed by atoms with Crippen LogP contribution < -0.4 is 10.2 Å². The molecule has 0 spiro atoms. The summed E-state index contributed by atoms with van der Waals surface area (Å²) in [7, 11) is 0. The molecule has 1 aliphatic rings. The van der Waals surface area contributed by atoms with Crippen LogP contribution in [0.2, 0.25) is 0 Å². The largest absolute Gasteiger partial charge is 0.341 e. The normalized spacial score (nSPS) is 20.8. The van der Waals surface area contributed by atoms with E-state index in [1.807, 2.05) is 104 Å². The monoisotopic (exact) mass is 396 g/mol. The Morgan fingerprint density at radius 3 is 2.10 bits per heavy atom. The van der Waals surface area contributed by atoms with Gasteiger partial charge in [0.2, 0.25) is 5.91 Å². The SMILES string of the molecule is CC1(NC(=O)Cc2ccccc2)C(=O)N(c2ccccc2)C=CC1c1ccccc1. The minimum absolute atomic E-state index is 0.161. The molecule has 4 heteroatoms. The number of benzene rings is 3. The van der Waals surface area contributed by atoms with Gasteiger partial charge >= 0.3 is 0 Å². The number of hydrogen-bond acceptors (Lipinski definition) is 2. The Balaban J connectivity index is 1.68. The Bertz CT molecular complexity index is 1050. The van der Waals surface area contributed by atoms with Gasteiger partial charge in [-0.1, -0.05) is 84.9 Å². The summed E-state index contributed by atoms with van der Waals surface area (Å²) >= 11 is 0. The third kappa shape index (κ3) is 3.90. The van der Waals surface area contributed by atoms with Crippen LogP contribution >= 0.6 is 0 Å². The third-order valence-corrected chi connectivity index (χ3v) is 5.51. The first kappa shape index (κ1) is 19.6. The highest BCUT2D eigenvalue weighted by atomic mass is 16.2. The van der Waals surface area contributed by atoms with Crippen LogP contribution in [0.1, 0.15) is 24.0 Å². The fraction of sp³-hybridized carbons (Fsp3) is 0.154. The minimum Gasteiger partial charge on any atom is -0.341 e. The van der Waals surface area contributed by atoms with Crippen LogP contribution in [0.5, 0.6) is 0 Å². The molecule has 2 amide bonds. The highest BCUT2D eigenvalue weighted by molar-refractivity contribution is 6.05. The molecule has 1 aliphatic heterocycles. The van der Waals surface area contributed by atoms with Gasteiger partial charge in [-0.3, -0.25) is 14.5 Å². The summed E-state index contributed by atoms with van der Waals surface area (Å²) in [5.74, 6) is -0.612. The second-order valence-corrected chi connectivity index (χ2v) is 7.65. The molecule has 0 aliphatic carbocycles. The van der Waals surface area contributed by atoms with Gasteiger partial charge in [0.05, 0.1) is 6.42 Å². The van der Waals surface area contributed by atoms with E-state index in [0.29, 0.717) is 0 Å². The third-order valence-electron chi connectivity index (χ3n) is 5.51. The van der Waals surface area contributed by atoms with E-state index in [9.17, 15) is 9.59 Å². The van der Waals surface area contributed by atoms with Crippen molar-refractivity contribution in [3.63, 3.8) is 0 Å². The van der Waals surface area contributed by atoms with Gasteiger partial charge in [-0.15, -0.1) is 0 Å². The molecule has 1 heterocycles. The Morgan fingerprint density at radius 2 is 1.47 bits per heavy atom. The molecule has 30 heavy (non-hydrogen) atoms. The minimum atomic E-state index is -1.11. The summed E-state index contributed by atoms with van der Waals surface area (Å²) in [6, 6.07) is 28.8. The van der Waals surface area contributed by atoms with Gasteiger partial charge < -0.3 is 5.32 Å². The van der Waals surface area contributed by atoms with Crippen molar-refractivity contribution < 1.29 is 9.59 Å². The quantitative estimate of drug-likeness (QED) is 0.693. The summed E-state index contributed by atoms with van der Waals surface area (Å²) in [5, 5.41) is 3.06. The Labute approximate surface area is 176 Å². The lowest BCUT2D eigenvalue weighted by Crippen LogP contribution is -2.62. The number of para-hydroxylation sites is 1. The van der Waals surface area contributed by atoms with E-state index in [2.05, 4.69) is 5.32 Å². The first-order valence-corrected chi connectivity index (χ1v) is 10.0. The average Bonchev–Trinajstić information content (AvgIpc) is 2.77. The molecule has 1 N–H and O–H groups in total. The van der Waals surface area contributed by atoms with Crippen LogP contribution in [0, 0.1) is 0 Å². The number of nitrogens with one attached hydrogen (secondary N) is 1. The van der Waals surface area contributed by atoms with Gasteiger partial charge in [0, 0.05) is 17.8 Å².